The summed E-state index contributed by atoms with van der Waals surface area (Å²) in [6.07, 6.45) is 1.52. The Bertz CT molecular complexity index is 550. The Balaban J connectivity index is 2.16. The van der Waals surface area contributed by atoms with Crippen molar-refractivity contribution in [1.29, 1.82) is 0 Å². The van der Waals surface area contributed by atoms with Gasteiger partial charge in [0.15, 0.2) is 17.3 Å². The van der Waals surface area contributed by atoms with Gasteiger partial charge in [-0.1, -0.05) is 5.16 Å². The smallest absolute Gasteiger partial charge is 0.335 e. The molecule has 0 fully saturated rings. The molecule has 0 amide bonds. The summed E-state index contributed by atoms with van der Waals surface area (Å²) in [6, 6.07) is 6.14. The van der Waals surface area contributed by atoms with E-state index in [1.807, 2.05) is 6.92 Å². The van der Waals surface area contributed by atoms with E-state index < -0.39 is 5.97 Å². The Kier molecular flexibility index (Phi) is 4.02. The predicted molar refractivity (Wildman–Crippen MR) is 65.4 cm³/mol. The topological polar surface area (TPSA) is 81.8 Å². The molecule has 19 heavy (non-hydrogen) atoms. The van der Waals surface area contributed by atoms with Crippen LogP contribution in [0.3, 0.4) is 0 Å². The van der Waals surface area contributed by atoms with Crippen LogP contribution >= 0.6 is 0 Å². The van der Waals surface area contributed by atoms with E-state index in [-0.39, 0.29) is 12.2 Å². The number of aromatic carboxylic acids is 1. The number of hydrogen-bond acceptors (Lipinski definition) is 5. The highest BCUT2D eigenvalue weighted by molar-refractivity contribution is 5.88. The minimum Gasteiger partial charge on any atom is -0.490 e. The summed E-state index contributed by atoms with van der Waals surface area (Å²) < 4.78 is 15.8. The number of aromatic nitrogens is 1. The van der Waals surface area contributed by atoms with E-state index >= 15 is 0 Å². The molecule has 0 bridgehead atoms. The van der Waals surface area contributed by atoms with Gasteiger partial charge in [-0.3, -0.25) is 0 Å². The Hall–Kier alpha value is -2.50. The maximum Gasteiger partial charge on any atom is 0.335 e. The molecule has 6 nitrogen and oxygen atoms in total. The van der Waals surface area contributed by atoms with E-state index in [1.54, 1.807) is 12.1 Å². The van der Waals surface area contributed by atoms with E-state index in [1.165, 1.54) is 18.3 Å². The van der Waals surface area contributed by atoms with Crippen LogP contribution in [0.2, 0.25) is 0 Å². The third-order valence-electron chi connectivity index (χ3n) is 2.35. The molecular formula is C13H13NO5. The summed E-state index contributed by atoms with van der Waals surface area (Å²) in [6.45, 7) is 2.43. The first kappa shape index (κ1) is 12.9. The molecule has 2 aromatic rings. The molecule has 0 saturated heterocycles. The van der Waals surface area contributed by atoms with Crippen molar-refractivity contribution in [3.05, 3.63) is 41.8 Å². The quantitative estimate of drug-likeness (QED) is 0.861. The van der Waals surface area contributed by atoms with Crippen LogP contribution in [0.25, 0.3) is 0 Å². The van der Waals surface area contributed by atoms with Crippen molar-refractivity contribution in [2.24, 2.45) is 0 Å². The van der Waals surface area contributed by atoms with Crippen LogP contribution in [-0.2, 0) is 6.61 Å². The second kappa shape index (κ2) is 5.90. The summed E-state index contributed by atoms with van der Waals surface area (Å²) in [5.41, 5.74) is 0.149. The summed E-state index contributed by atoms with van der Waals surface area (Å²) in [5.74, 6) is 0.415. The van der Waals surface area contributed by atoms with Gasteiger partial charge in [0.1, 0.15) is 6.61 Å². The van der Waals surface area contributed by atoms with Crippen LogP contribution < -0.4 is 9.47 Å². The molecule has 100 valence electrons. The SMILES string of the molecule is CCOc1cc(C(=O)O)ccc1OCc1ccno1. The average molecular weight is 263 g/mol. The van der Waals surface area contributed by atoms with Crippen molar-refractivity contribution >= 4 is 5.97 Å². The van der Waals surface area contributed by atoms with E-state index in [4.69, 9.17) is 19.1 Å². The lowest BCUT2D eigenvalue weighted by Gasteiger charge is -2.11. The van der Waals surface area contributed by atoms with E-state index in [9.17, 15) is 4.79 Å². The number of carboxylic acid groups (broad SMARTS) is 1. The van der Waals surface area contributed by atoms with Crippen LogP contribution in [0.1, 0.15) is 23.0 Å². The van der Waals surface area contributed by atoms with Crippen molar-refractivity contribution < 1.29 is 23.9 Å². The highest BCUT2D eigenvalue weighted by Gasteiger charge is 2.11. The molecule has 0 aliphatic carbocycles. The zero-order chi connectivity index (χ0) is 13.7. The highest BCUT2D eigenvalue weighted by atomic mass is 16.5. The van der Waals surface area contributed by atoms with Crippen molar-refractivity contribution in [1.82, 2.24) is 5.16 Å². The molecule has 1 aromatic heterocycles. The van der Waals surface area contributed by atoms with E-state index in [0.29, 0.717) is 23.9 Å². The Morgan fingerprint density at radius 1 is 1.32 bits per heavy atom. The number of ether oxygens (including phenoxy) is 2. The number of rotatable bonds is 6. The van der Waals surface area contributed by atoms with E-state index in [2.05, 4.69) is 5.16 Å². The van der Waals surface area contributed by atoms with Gasteiger partial charge in [-0.2, -0.15) is 0 Å². The first-order valence-electron chi connectivity index (χ1n) is 5.73. The molecule has 0 atom stereocenters. The Morgan fingerprint density at radius 2 is 2.16 bits per heavy atom. The van der Waals surface area contributed by atoms with Gasteiger partial charge in [0.05, 0.1) is 18.4 Å². The zero-order valence-electron chi connectivity index (χ0n) is 10.3. The zero-order valence-corrected chi connectivity index (χ0v) is 10.3. The van der Waals surface area contributed by atoms with Gasteiger partial charge < -0.3 is 19.1 Å². The van der Waals surface area contributed by atoms with Gasteiger partial charge >= 0.3 is 5.97 Å². The first-order valence-corrected chi connectivity index (χ1v) is 5.73. The average Bonchev–Trinajstić information content (AvgIpc) is 2.90. The maximum atomic E-state index is 10.9. The van der Waals surface area contributed by atoms with Gasteiger partial charge in [-0.25, -0.2) is 4.79 Å². The van der Waals surface area contributed by atoms with Crippen molar-refractivity contribution in [2.45, 2.75) is 13.5 Å². The van der Waals surface area contributed by atoms with Gasteiger partial charge in [-0.05, 0) is 25.1 Å². The molecule has 0 spiro atoms. The molecule has 0 saturated carbocycles. The second-order valence-corrected chi connectivity index (χ2v) is 3.67. The van der Waals surface area contributed by atoms with Crippen molar-refractivity contribution in [3.63, 3.8) is 0 Å². The highest BCUT2D eigenvalue weighted by Crippen LogP contribution is 2.29. The van der Waals surface area contributed by atoms with Crippen LogP contribution in [-0.4, -0.2) is 22.8 Å². The summed E-state index contributed by atoms with van der Waals surface area (Å²) >= 11 is 0. The monoisotopic (exact) mass is 263 g/mol. The predicted octanol–water partition coefficient (Wildman–Crippen LogP) is 2.35. The fraction of sp³-hybridized carbons (Fsp3) is 0.231. The van der Waals surface area contributed by atoms with Crippen LogP contribution in [0, 0.1) is 0 Å². The molecule has 1 aromatic carbocycles. The molecule has 2 rings (SSSR count). The lowest BCUT2D eigenvalue weighted by molar-refractivity contribution is 0.0696. The lowest BCUT2D eigenvalue weighted by atomic mass is 10.2. The Labute approximate surface area is 109 Å². The summed E-state index contributed by atoms with van der Waals surface area (Å²) in [7, 11) is 0. The molecule has 0 unspecified atom stereocenters. The van der Waals surface area contributed by atoms with E-state index in [0.717, 1.165) is 0 Å². The minimum atomic E-state index is -1.01. The third kappa shape index (κ3) is 3.25. The lowest BCUT2D eigenvalue weighted by Crippen LogP contribution is -2.02. The minimum absolute atomic E-state index is 0.149. The maximum absolute atomic E-state index is 10.9. The first-order chi connectivity index (χ1) is 9.20. The van der Waals surface area contributed by atoms with Crippen LogP contribution in [0.15, 0.2) is 35.0 Å². The van der Waals surface area contributed by atoms with Gasteiger partial charge in [0.25, 0.3) is 0 Å². The molecule has 0 aliphatic rings. The fourth-order valence-corrected chi connectivity index (χ4v) is 1.49. The van der Waals surface area contributed by atoms with Gasteiger partial charge in [0, 0.05) is 6.07 Å². The van der Waals surface area contributed by atoms with Gasteiger partial charge in [-0.15, -0.1) is 0 Å². The molecule has 1 heterocycles. The summed E-state index contributed by atoms with van der Waals surface area (Å²) in [5, 5.41) is 12.5. The number of hydrogen-bond donors (Lipinski definition) is 1. The molecule has 1 N–H and O–H groups in total. The fourth-order valence-electron chi connectivity index (χ4n) is 1.49. The van der Waals surface area contributed by atoms with Gasteiger partial charge in [0.2, 0.25) is 0 Å². The largest absolute Gasteiger partial charge is 0.490 e. The number of carbonyl (C=O) groups is 1. The summed E-state index contributed by atoms with van der Waals surface area (Å²) in [4.78, 5) is 10.9. The third-order valence-corrected chi connectivity index (χ3v) is 2.35. The number of carboxylic acids is 1. The number of benzene rings is 1. The normalized spacial score (nSPS) is 10.2. The Morgan fingerprint density at radius 3 is 2.79 bits per heavy atom. The van der Waals surface area contributed by atoms with Crippen molar-refractivity contribution in [2.75, 3.05) is 6.61 Å². The molecule has 0 aliphatic heterocycles. The molecular weight excluding hydrogens is 250 g/mol. The number of nitrogens with zero attached hydrogens (tertiary/aromatic N) is 1. The van der Waals surface area contributed by atoms with Crippen LogP contribution in [0.5, 0.6) is 11.5 Å². The van der Waals surface area contributed by atoms with Crippen LogP contribution in [0.4, 0.5) is 0 Å². The standard InChI is InChI=1S/C13H13NO5/c1-2-17-12-7-9(13(15)16)3-4-11(12)18-8-10-5-6-14-19-10/h3-7H,2,8H2,1H3,(H,15,16). The molecule has 0 radical (unpaired) electrons. The second-order valence-electron chi connectivity index (χ2n) is 3.67. The molecule has 6 heteroatoms. The van der Waals surface area contributed by atoms with Crippen molar-refractivity contribution in [3.8, 4) is 11.5 Å².